The van der Waals surface area contributed by atoms with Crippen molar-refractivity contribution in [2.24, 2.45) is 0 Å². The fraction of sp³-hybridized carbons (Fsp3) is 0.529. The Morgan fingerprint density at radius 1 is 1.42 bits per heavy atom. The van der Waals surface area contributed by atoms with E-state index in [1.54, 1.807) is 30.1 Å². The van der Waals surface area contributed by atoms with Gasteiger partial charge in [0.2, 0.25) is 0 Å². The lowest BCUT2D eigenvalue weighted by molar-refractivity contribution is 0.0963. The van der Waals surface area contributed by atoms with E-state index in [1.807, 2.05) is 0 Å². The first-order chi connectivity index (χ1) is 11.5. The lowest BCUT2D eigenvalue weighted by Crippen LogP contribution is -2.32. The lowest BCUT2D eigenvalue weighted by Gasteiger charge is -2.19. The standard InChI is InChI=1S/C17H24ClN3O3/c1-19-16(22)14-11-12(7-8-15(14)18)20-17(23)21(2)9-3-5-13-6-4-10-24-13/h7-8,11,13H,3-6,9-10H2,1-2H3,(H,19,22)(H,20,23). The van der Waals surface area contributed by atoms with Crippen LogP contribution >= 0.6 is 11.6 Å². The molecule has 1 aromatic rings. The van der Waals surface area contributed by atoms with Crippen molar-refractivity contribution >= 4 is 29.2 Å². The van der Waals surface area contributed by atoms with Crippen LogP contribution in [0.3, 0.4) is 0 Å². The second-order valence-electron chi connectivity index (χ2n) is 5.90. The molecule has 0 bridgehead atoms. The highest BCUT2D eigenvalue weighted by Crippen LogP contribution is 2.21. The van der Waals surface area contributed by atoms with E-state index in [1.165, 1.54) is 7.05 Å². The number of rotatable bonds is 6. The fourth-order valence-corrected chi connectivity index (χ4v) is 2.86. The molecule has 3 amide bonds. The molecule has 0 saturated carbocycles. The van der Waals surface area contributed by atoms with Crippen LogP contribution in [0.1, 0.15) is 36.0 Å². The summed E-state index contributed by atoms with van der Waals surface area (Å²) in [6, 6.07) is 4.62. The van der Waals surface area contributed by atoms with E-state index in [2.05, 4.69) is 10.6 Å². The lowest BCUT2D eigenvalue weighted by atomic mass is 10.1. The second kappa shape index (κ2) is 8.89. The molecule has 132 valence electrons. The predicted octanol–water partition coefficient (Wildman–Crippen LogP) is 3.12. The van der Waals surface area contributed by atoms with Gasteiger partial charge in [-0.25, -0.2) is 4.79 Å². The molecule has 7 heteroatoms. The van der Waals surface area contributed by atoms with Gasteiger partial charge in [-0.15, -0.1) is 0 Å². The molecule has 1 aromatic carbocycles. The smallest absolute Gasteiger partial charge is 0.321 e. The van der Waals surface area contributed by atoms with Crippen LogP contribution in [0.2, 0.25) is 5.02 Å². The first-order valence-electron chi connectivity index (χ1n) is 8.16. The van der Waals surface area contributed by atoms with Gasteiger partial charge in [-0.1, -0.05) is 11.6 Å². The number of benzene rings is 1. The average Bonchev–Trinajstić information content (AvgIpc) is 3.09. The number of nitrogens with zero attached hydrogens (tertiary/aromatic N) is 1. The number of carbonyl (C=O) groups excluding carboxylic acids is 2. The zero-order valence-electron chi connectivity index (χ0n) is 14.1. The van der Waals surface area contributed by atoms with Crippen LogP contribution in [0.5, 0.6) is 0 Å². The number of urea groups is 1. The maximum absolute atomic E-state index is 12.2. The molecule has 1 saturated heterocycles. The second-order valence-corrected chi connectivity index (χ2v) is 6.31. The topological polar surface area (TPSA) is 70.7 Å². The first-order valence-corrected chi connectivity index (χ1v) is 8.54. The third kappa shape index (κ3) is 5.11. The van der Waals surface area contributed by atoms with E-state index < -0.39 is 0 Å². The summed E-state index contributed by atoms with van der Waals surface area (Å²) in [6.07, 6.45) is 4.46. The minimum Gasteiger partial charge on any atom is -0.378 e. The molecule has 0 aromatic heterocycles. The van der Waals surface area contributed by atoms with Gasteiger partial charge in [0.05, 0.1) is 16.7 Å². The third-order valence-electron chi connectivity index (χ3n) is 4.08. The summed E-state index contributed by atoms with van der Waals surface area (Å²) < 4.78 is 5.58. The maximum atomic E-state index is 12.2. The maximum Gasteiger partial charge on any atom is 0.321 e. The van der Waals surface area contributed by atoms with Gasteiger partial charge < -0.3 is 20.3 Å². The molecule has 1 heterocycles. The van der Waals surface area contributed by atoms with Gasteiger partial charge in [-0.3, -0.25) is 4.79 Å². The minimum atomic E-state index is -0.291. The van der Waals surface area contributed by atoms with E-state index in [-0.39, 0.29) is 11.9 Å². The number of ether oxygens (including phenoxy) is 1. The van der Waals surface area contributed by atoms with Crippen LogP contribution in [-0.4, -0.2) is 50.2 Å². The summed E-state index contributed by atoms with van der Waals surface area (Å²) in [6.45, 7) is 1.51. The molecule has 0 aliphatic carbocycles. The van der Waals surface area contributed by atoms with Crippen molar-refractivity contribution in [3.8, 4) is 0 Å². The van der Waals surface area contributed by atoms with E-state index in [0.717, 1.165) is 32.3 Å². The zero-order valence-corrected chi connectivity index (χ0v) is 14.9. The summed E-state index contributed by atoms with van der Waals surface area (Å²) >= 11 is 6.00. The summed E-state index contributed by atoms with van der Waals surface area (Å²) in [7, 11) is 3.28. The fourth-order valence-electron chi connectivity index (χ4n) is 2.66. The van der Waals surface area contributed by atoms with Gasteiger partial charge >= 0.3 is 6.03 Å². The van der Waals surface area contributed by atoms with Crippen LogP contribution in [0.25, 0.3) is 0 Å². The highest BCUT2D eigenvalue weighted by atomic mass is 35.5. The van der Waals surface area contributed by atoms with Crippen molar-refractivity contribution in [1.29, 1.82) is 0 Å². The van der Waals surface area contributed by atoms with Crippen molar-refractivity contribution in [3.63, 3.8) is 0 Å². The molecule has 1 unspecified atom stereocenters. The third-order valence-corrected chi connectivity index (χ3v) is 4.41. The largest absolute Gasteiger partial charge is 0.378 e. The van der Waals surface area contributed by atoms with Crippen molar-refractivity contribution in [2.45, 2.75) is 31.8 Å². The molecular formula is C17H24ClN3O3. The normalized spacial score (nSPS) is 16.7. The first kappa shape index (κ1) is 18.5. The Morgan fingerprint density at radius 3 is 2.88 bits per heavy atom. The van der Waals surface area contributed by atoms with Crippen LogP contribution in [-0.2, 0) is 4.74 Å². The Balaban J connectivity index is 1.85. The molecule has 24 heavy (non-hydrogen) atoms. The number of halogens is 1. The molecule has 0 spiro atoms. The van der Waals surface area contributed by atoms with Crippen molar-refractivity contribution in [1.82, 2.24) is 10.2 Å². The molecule has 1 atom stereocenters. The van der Waals surface area contributed by atoms with E-state index in [0.29, 0.717) is 28.9 Å². The Hall–Kier alpha value is -1.79. The van der Waals surface area contributed by atoms with Crippen LogP contribution in [0.4, 0.5) is 10.5 Å². The summed E-state index contributed by atoms with van der Waals surface area (Å²) in [5.41, 5.74) is 0.868. The van der Waals surface area contributed by atoms with Crippen molar-refractivity contribution < 1.29 is 14.3 Å². The van der Waals surface area contributed by atoms with Gasteiger partial charge in [0.1, 0.15) is 0 Å². The number of hydrogen-bond donors (Lipinski definition) is 2. The summed E-state index contributed by atoms with van der Waals surface area (Å²) in [5.74, 6) is -0.291. The minimum absolute atomic E-state index is 0.215. The van der Waals surface area contributed by atoms with E-state index in [9.17, 15) is 9.59 Å². The van der Waals surface area contributed by atoms with Gasteiger partial charge in [0.25, 0.3) is 5.91 Å². The van der Waals surface area contributed by atoms with Gasteiger partial charge in [-0.05, 0) is 43.9 Å². The summed E-state index contributed by atoms with van der Waals surface area (Å²) in [5, 5.41) is 5.65. The Bertz CT molecular complexity index is 588. The zero-order chi connectivity index (χ0) is 17.5. The SMILES string of the molecule is CNC(=O)c1cc(NC(=O)N(C)CCCC2CCCO2)ccc1Cl. The van der Waals surface area contributed by atoms with Crippen molar-refractivity contribution in [3.05, 3.63) is 28.8 Å². The molecule has 1 aliphatic heterocycles. The highest BCUT2D eigenvalue weighted by Gasteiger charge is 2.16. The van der Waals surface area contributed by atoms with E-state index >= 15 is 0 Å². The van der Waals surface area contributed by atoms with Crippen LogP contribution < -0.4 is 10.6 Å². The Morgan fingerprint density at radius 2 is 2.21 bits per heavy atom. The molecule has 2 N–H and O–H groups in total. The van der Waals surface area contributed by atoms with E-state index in [4.69, 9.17) is 16.3 Å². The number of nitrogens with one attached hydrogen (secondary N) is 2. The number of hydrogen-bond acceptors (Lipinski definition) is 3. The monoisotopic (exact) mass is 353 g/mol. The number of anilines is 1. The number of amides is 3. The predicted molar refractivity (Wildman–Crippen MR) is 94.7 cm³/mol. The Labute approximate surface area is 147 Å². The molecule has 1 aliphatic rings. The van der Waals surface area contributed by atoms with Gasteiger partial charge in [0, 0.05) is 32.9 Å². The van der Waals surface area contributed by atoms with Gasteiger partial charge in [-0.2, -0.15) is 0 Å². The summed E-state index contributed by atoms with van der Waals surface area (Å²) in [4.78, 5) is 25.6. The molecule has 2 rings (SSSR count). The molecular weight excluding hydrogens is 330 g/mol. The van der Waals surface area contributed by atoms with Gasteiger partial charge in [0.15, 0.2) is 0 Å². The highest BCUT2D eigenvalue weighted by molar-refractivity contribution is 6.34. The average molecular weight is 354 g/mol. The molecule has 0 radical (unpaired) electrons. The molecule has 1 fully saturated rings. The number of carbonyl (C=O) groups is 2. The Kier molecular flexibility index (Phi) is 6.87. The van der Waals surface area contributed by atoms with Crippen LogP contribution in [0.15, 0.2) is 18.2 Å². The molecule has 6 nitrogen and oxygen atoms in total. The van der Waals surface area contributed by atoms with Crippen LogP contribution in [0, 0.1) is 0 Å². The van der Waals surface area contributed by atoms with Crippen molar-refractivity contribution in [2.75, 3.05) is 32.6 Å². The quantitative estimate of drug-likeness (QED) is 0.825.